The van der Waals surface area contributed by atoms with Gasteiger partial charge < -0.3 is 15.0 Å². The van der Waals surface area contributed by atoms with Gasteiger partial charge in [0.05, 0.1) is 18.2 Å². The van der Waals surface area contributed by atoms with E-state index in [1.54, 1.807) is 6.20 Å². The quantitative estimate of drug-likeness (QED) is 0.460. The molecule has 0 radical (unpaired) electrons. The maximum Gasteiger partial charge on any atom is 0.328 e. The molecule has 3 amide bonds. The second kappa shape index (κ2) is 7.64. The van der Waals surface area contributed by atoms with Crippen molar-refractivity contribution in [3.8, 4) is 0 Å². The summed E-state index contributed by atoms with van der Waals surface area (Å²) in [6.45, 7) is 0. The number of hydrogen-bond donors (Lipinski definition) is 2. The number of H-pyrrole nitrogens is 1. The van der Waals surface area contributed by atoms with Crippen LogP contribution < -0.4 is 5.32 Å². The van der Waals surface area contributed by atoms with E-state index in [9.17, 15) is 19.2 Å². The Morgan fingerprint density at radius 2 is 1.88 bits per heavy atom. The Hall–Kier alpha value is -3.94. The Labute approximate surface area is 183 Å². The van der Waals surface area contributed by atoms with E-state index in [-0.39, 0.29) is 35.4 Å². The van der Waals surface area contributed by atoms with Crippen molar-refractivity contribution in [3.63, 3.8) is 0 Å². The van der Waals surface area contributed by atoms with E-state index in [1.165, 1.54) is 30.2 Å². The zero-order valence-electron chi connectivity index (χ0n) is 17.4. The lowest BCUT2D eigenvalue weighted by Gasteiger charge is -2.16. The molecule has 1 saturated carbocycles. The Morgan fingerprint density at radius 3 is 2.62 bits per heavy atom. The Balaban J connectivity index is 1.38. The Bertz CT molecular complexity index is 1270. The summed E-state index contributed by atoms with van der Waals surface area (Å²) < 4.78 is 4.89. The van der Waals surface area contributed by atoms with Gasteiger partial charge in [-0.15, -0.1) is 0 Å². The van der Waals surface area contributed by atoms with Crippen molar-refractivity contribution < 1.29 is 23.9 Å². The number of ether oxygens (including phenoxy) is 1. The molecule has 1 aliphatic carbocycles. The first kappa shape index (κ1) is 20.0. The van der Waals surface area contributed by atoms with Crippen molar-refractivity contribution in [3.05, 3.63) is 70.9 Å². The minimum Gasteiger partial charge on any atom is -0.467 e. The SMILES string of the molecule is COC(=O)[C@H](Cc1c[nH]c2ccccc12)NC(=O)c1ccc2c(c1)C(=O)N(C1CC1)C2=O. The van der Waals surface area contributed by atoms with Gasteiger partial charge in [0, 0.05) is 35.1 Å². The third-order valence-corrected chi connectivity index (χ3v) is 5.98. The monoisotopic (exact) mass is 431 g/mol. The Kier molecular flexibility index (Phi) is 4.77. The molecule has 0 unspecified atom stereocenters. The van der Waals surface area contributed by atoms with E-state index in [0.717, 1.165) is 29.3 Å². The number of benzene rings is 2. The largest absolute Gasteiger partial charge is 0.467 e. The number of rotatable bonds is 6. The van der Waals surface area contributed by atoms with Crippen molar-refractivity contribution in [2.24, 2.45) is 0 Å². The van der Waals surface area contributed by atoms with Crippen LogP contribution in [0.3, 0.4) is 0 Å². The number of carbonyl (C=O) groups excluding carboxylic acids is 4. The molecule has 32 heavy (non-hydrogen) atoms. The summed E-state index contributed by atoms with van der Waals surface area (Å²) in [6, 6.07) is 11.1. The highest BCUT2D eigenvalue weighted by molar-refractivity contribution is 6.22. The molecule has 8 heteroatoms. The summed E-state index contributed by atoms with van der Waals surface area (Å²) in [6.07, 6.45) is 3.67. The lowest BCUT2D eigenvalue weighted by molar-refractivity contribution is -0.142. The van der Waals surface area contributed by atoms with Gasteiger partial charge >= 0.3 is 5.97 Å². The van der Waals surface area contributed by atoms with Crippen molar-refractivity contribution in [2.75, 3.05) is 7.11 Å². The summed E-state index contributed by atoms with van der Waals surface area (Å²) in [4.78, 5) is 54.9. The van der Waals surface area contributed by atoms with Crippen molar-refractivity contribution in [1.29, 1.82) is 0 Å². The average Bonchev–Trinajstić information content (AvgIpc) is 3.51. The molecule has 0 spiro atoms. The molecule has 2 heterocycles. The topological polar surface area (TPSA) is 109 Å². The number of aromatic amines is 1. The minimum absolute atomic E-state index is 0.0421. The molecule has 1 aliphatic heterocycles. The maximum atomic E-state index is 12.9. The summed E-state index contributed by atoms with van der Waals surface area (Å²) in [5.41, 5.74) is 2.53. The fraction of sp³-hybridized carbons (Fsp3) is 0.250. The fourth-order valence-corrected chi connectivity index (χ4v) is 4.16. The third kappa shape index (κ3) is 3.33. The van der Waals surface area contributed by atoms with Crippen LogP contribution in [0, 0.1) is 0 Å². The predicted octanol–water partition coefficient (Wildman–Crippen LogP) is 2.44. The maximum absolute atomic E-state index is 12.9. The molecule has 2 N–H and O–H groups in total. The van der Waals surface area contributed by atoms with Gasteiger partial charge in [0.1, 0.15) is 6.04 Å². The van der Waals surface area contributed by atoms with E-state index in [0.29, 0.717) is 5.56 Å². The van der Waals surface area contributed by atoms with E-state index in [1.807, 2.05) is 24.3 Å². The number of amides is 3. The van der Waals surface area contributed by atoms with E-state index in [2.05, 4.69) is 10.3 Å². The number of hydrogen-bond acceptors (Lipinski definition) is 5. The highest BCUT2D eigenvalue weighted by Crippen LogP contribution is 2.35. The predicted molar refractivity (Wildman–Crippen MR) is 115 cm³/mol. The first-order valence-corrected chi connectivity index (χ1v) is 10.4. The van der Waals surface area contributed by atoms with Crippen LogP contribution in [-0.4, -0.2) is 52.8 Å². The number of esters is 1. The van der Waals surface area contributed by atoms with Crippen LogP contribution in [0.1, 0.15) is 49.5 Å². The van der Waals surface area contributed by atoms with E-state index >= 15 is 0 Å². The number of para-hydroxylation sites is 1. The van der Waals surface area contributed by atoms with Gasteiger partial charge in [-0.1, -0.05) is 18.2 Å². The second-order valence-corrected chi connectivity index (χ2v) is 8.08. The summed E-state index contributed by atoms with van der Waals surface area (Å²) >= 11 is 0. The highest BCUT2D eigenvalue weighted by Gasteiger charge is 2.44. The van der Waals surface area contributed by atoms with Crippen LogP contribution in [0.2, 0.25) is 0 Å². The van der Waals surface area contributed by atoms with Crippen LogP contribution in [-0.2, 0) is 16.0 Å². The highest BCUT2D eigenvalue weighted by atomic mass is 16.5. The van der Waals surface area contributed by atoms with Gasteiger partial charge in [0.15, 0.2) is 0 Å². The molecular formula is C24H21N3O5. The van der Waals surface area contributed by atoms with Gasteiger partial charge in [-0.25, -0.2) is 4.79 Å². The van der Waals surface area contributed by atoms with E-state index in [4.69, 9.17) is 4.74 Å². The number of methoxy groups -OCH3 is 1. The Morgan fingerprint density at radius 1 is 1.12 bits per heavy atom. The van der Waals surface area contributed by atoms with Gasteiger partial charge in [0.2, 0.25) is 0 Å². The molecule has 8 nitrogen and oxygen atoms in total. The molecule has 1 aromatic heterocycles. The third-order valence-electron chi connectivity index (χ3n) is 5.98. The fourth-order valence-electron chi connectivity index (χ4n) is 4.16. The number of carbonyl (C=O) groups is 4. The second-order valence-electron chi connectivity index (χ2n) is 8.08. The smallest absolute Gasteiger partial charge is 0.328 e. The van der Waals surface area contributed by atoms with Crippen molar-refractivity contribution in [2.45, 2.75) is 31.3 Å². The normalized spacial score (nSPS) is 16.2. The van der Waals surface area contributed by atoms with Gasteiger partial charge in [-0.3, -0.25) is 19.3 Å². The van der Waals surface area contributed by atoms with Gasteiger partial charge in [-0.05, 0) is 42.7 Å². The average molecular weight is 431 g/mol. The molecule has 5 rings (SSSR count). The number of nitrogens with one attached hydrogen (secondary N) is 2. The zero-order valence-corrected chi connectivity index (χ0v) is 17.4. The molecule has 1 atom stereocenters. The molecule has 0 bridgehead atoms. The van der Waals surface area contributed by atoms with E-state index < -0.39 is 17.9 Å². The summed E-state index contributed by atoms with van der Waals surface area (Å²) in [7, 11) is 1.27. The van der Waals surface area contributed by atoms with Gasteiger partial charge in [-0.2, -0.15) is 0 Å². The molecule has 3 aromatic rings. The molecular weight excluding hydrogens is 410 g/mol. The lowest BCUT2D eigenvalue weighted by atomic mass is 10.0. The number of imide groups is 1. The molecule has 1 fully saturated rings. The summed E-state index contributed by atoms with van der Waals surface area (Å²) in [5, 5.41) is 3.67. The van der Waals surface area contributed by atoms with Crippen LogP contribution in [0.4, 0.5) is 0 Å². The zero-order chi connectivity index (χ0) is 22.4. The number of fused-ring (bicyclic) bond motifs is 2. The summed E-state index contributed by atoms with van der Waals surface area (Å²) in [5.74, 6) is -1.78. The first-order chi connectivity index (χ1) is 15.5. The first-order valence-electron chi connectivity index (χ1n) is 10.4. The van der Waals surface area contributed by atoms with Crippen LogP contribution in [0.15, 0.2) is 48.7 Å². The van der Waals surface area contributed by atoms with Crippen LogP contribution >= 0.6 is 0 Å². The van der Waals surface area contributed by atoms with Crippen LogP contribution in [0.5, 0.6) is 0 Å². The molecule has 0 saturated heterocycles. The van der Waals surface area contributed by atoms with Crippen LogP contribution in [0.25, 0.3) is 10.9 Å². The molecule has 2 aromatic carbocycles. The molecule has 2 aliphatic rings. The number of aromatic nitrogens is 1. The standard InChI is InChI=1S/C24H21N3O5/c1-32-24(31)20(11-14-12-25-19-5-3-2-4-16(14)19)26-21(28)13-6-9-17-18(10-13)23(30)27(22(17)29)15-7-8-15/h2-6,9-10,12,15,20,25H,7-8,11H2,1H3,(H,26,28)/t20-/m0/s1. The number of nitrogens with zero attached hydrogens (tertiary/aromatic N) is 1. The lowest BCUT2D eigenvalue weighted by Crippen LogP contribution is -2.43. The van der Waals surface area contributed by atoms with Crippen molar-refractivity contribution >= 4 is 34.6 Å². The molecule has 162 valence electrons. The minimum atomic E-state index is -0.916. The van der Waals surface area contributed by atoms with Gasteiger partial charge in [0.25, 0.3) is 17.7 Å². The van der Waals surface area contributed by atoms with Crippen molar-refractivity contribution in [1.82, 2.24) is 15.2 Å².